The van der Waals surface area contributed by atoms with E-state index < -0.39 is 15.8 Å². The van der Waals surface area contributed by atoms with Crippen LogP contribution in [0.3, 0.4) is 0 Å². The van der Waals surface area contributed by atoms with Gasteiger partial charge in [-0.25, -0.2) is 18.2 Å². The Kier molecular flexibility index (Phi) is 3.12. The van der Waals surface area contributed by atoms with Gasteiger partial charge in [0.05, 0.1) is 9.79 Å². The Morgan fingerprint density at radius 2 is 1.72 bits per heavy atom. The molecule has 0 aliphatic rings. The van der Waals surface area contributed by atoms with Gasteiger partial charge in [0.15, 0.2) is 0 Å². The Bertz CT molecular complexity index is 680. The highest BCUT2D eigenvalue weighted by Crippen LogP contribution is 2.20. The number of carbonyl (C=O) groups is 1. The average Bonchev–Trinajstić information content (AvgIpc) is 2.40. The van der Waals surface area contributed by atoms with Crippen LogP contribution in [0.2, 0.25) is 0 Å². The van der Waals surface area contributed by atoms with Crippen molar-refractivity contribution in [2.75, 3.05) is 0 Å². The molecule has 18 heavy (non-hydrogen) atoms. The van der Waals surface area contributed by atoms with E-state index in [0.717, 1.165) is 6.07 Å². The monoisotopic (exact) mass is 263 g/mol. The smallest absolute Gasteiger partial charge is 0.354 e. The molecule has 0 unspecified atom stereocenters. The zero-order valence-corrected chi connectivity index (χ0v) is 9.96. The fourth-order valence-electron chi connectivity index (χ4n) is 1.43. The minimum Gasteiger partial charge on any atom is -0.477 e. The quantitative estimate of drug-likeness (QED) is 0.909. The number of hydrogen-bond donors (Lipinski definition) is 1. The number of benzene rings is 1. The van der Waals surface area contributed by atoms with E-state index in [0.29, 0.717) is 0 Å². The molecule has 2 aromatic rings. The van der Waals surface area contributed by atoms with E-state index in [-0.39, 0.29) is 15.5 Å². The van der Waals surface area contributed by atoms with E-state index in [2.05, 4.69) is 4.98 Å². The lowest BCUT2D eigenvalue weighted by Crippen LogP contribution is -2.06. The van der Waals surface area contributed by atoms with E-state index in [9.17, 15) is 13.2 Å². The van der Waals surface area contributed by atoms with Crippen molar-refractivity contribution < 1.29 is 18.3 Å². The van der Waals surface area contributed by atoms with Gasteiger partial charge in [0.2, 0.25) is 9.84 Å². The molecule has 0 amide bonds. The molecule has 0 aliphatic carbocycles. The summed E-state index contributed by atoms with van der Waals surface area (Å²) in [5.74, 6) is -1.26. The van der Waals surface area contributed by atoms with Crippen molar-refractivity contribution in [2.24, 2.45) is 0 Å². The van der Waals surface area contributed by atoms with Crippen LogP contribution in [-0.4, -0.2) is 24.5 Å². The van der Waals surface area contributed by atoms with Crippen LogP contribution in [0.25, 0.3) is 0 Å². The van der Waals surface area contributed by atoms with Gasteiger partial charge in [0.25, 0.3) is 0 Å². The molecule has 1 heterocycles. The Balaban J connectivity index is 2.55. The SMILES string of the molecule is O=C(O)c1cc(S(=O)(=O)c2ccccc2)ccn1. The van der Waals surface area contributed by atoms with Crippen molar-refractivity contribution in [3.05, 3.63) is 54.4 Å². The van der Waals surface area contributed by atoms with Gasteiger partial charge in [-0.15, -0.1) is 0 Å². The summed E-state index contributed by atoms with van der Waals surface area (Å²) in [7, 11) is -3.70. The maximum atomic E-state index is 12.2. The molecule has 1 N–H and O–H groups in total. The van der Waals surface area contributed by atoms with Crippen LogP contribution in [0.1, 0.15) is 10.5 Å². The molecule has 0 fully saturated rings. The molecule has 2 rings (SSSR count). The zero-order chi connectivity index (χ0) is 13.2. The summed E-state index contributed by atoms with van der Waals surface area (Å²) in [6, 6.07) is 10.1. The number of nitrogens with zero attached hydrogens (tertiary/aromatic N) is 1. The van der Waals surface area contributed by atoms with Gasteiger partial charge >= 0.3 is 5.97 Å². The minimum absolute atomic E-state index is 0.0823. The van der Waals surface area contributed by atoms with Gasteiger partial charge in [-0.1, -0.05) is 18.2 Å². The largest absolute Gasteiger partial charge is 0.477 e. The topological polar surface area (TPSA) is 84.3 Å². The standard InChI is InChI=1S/C12H9NO4S/c14-12(15)11-8-10(6-7-13-11)18(16,17)9-4-2-1-3-5-9/h1-8H,(H,14,15). The molecular weight excluding hydrogens is 254 g/mol. The maximum absolute atomic E-state index is 12.2. The van der Waals surface area contributed by atoms with Gasteiger partial charge in [0.1, 0.15) is 5.69 Å². The lowest BCUT2D eigenvalue weighted by molar-refractivity contribution is 0.0690. The summed E-state index contributed by atoms with van der Waals surface area (Å²) in [6.07, 6.45) is 1.17. The summed E-state index contributed by atoms with van der Waals surface area (Å²) >= 11 is 0. The first-order valence-electron chi connectivity index (χ1n) is 5.01. The highest BCUT2D eigenvalue weighted by Gasteiger charge is 2.19. The lowest BCUT2D eigenvalue weighted by Gasteiger charge is -2.04. The second-order valence-electron chi connectivity index (χ2n) is 3.50. The van der Waals surface area contributed by atoms with Crippen LogP contribution in [0.15, 0.2) is 58.5 Å². The third-order valence-corrected chi connectivity index (χ3v) is 4.08. The second kappa shape index (κ2) is 4.58. The summed E-state index contributed by atoms with van der Waals surface area (Å²) in [6.45, 7) is 0. The van der Waals surface area contributed by atoms with Gasteiger partial charge in [-0.3, -0.25) is 0 Å². The van der Waals surface area contributed by atoms with Crippen LogP contribution in [0, 0.1) is 0 Å². The fourth-order valence-corrected chi connectivity index (χ4v) is 2.73. The third kappa shape index (κ3) is 2.23. The summed E-state index contributed by atoms with van der Waals surface area (Å²) in [5.41, 5.74) is -0.299. The molecule has 0 saturated heterocycles. The van der Waals surface area contributed by atoms with Crippen LogP contribution in [0.5, 0.6) is 0 Å². The lowest BCUT2D eigenvalue weighted by atomic mass is 10.3. The molecular formula is C12H9NO4S. The first kappa shape index (κ1) is 12.3. The number of aromatic nitrogens is 1. The fraction of sp³-hybridized carbons (Fsp3) is 0. The van der Waals surface area contributed by atoms with E-state index in [1.807, 2.05) is 0 Å². The van der Waals surface area contributed by atoms with Gasteiger partial charge in [0, 0.05) is 6.20 Å². The third-order valence-electron chi connectivity index (χ3n) is 2.31. The number of hydrogen-bond acceptors (Lipinski definition) is 4. The first-order chi connectivity index (χ1) is 8.51. The van der Waals surface area contributed by atoms with Crippen molar-refractivity contribution in [1.29, 1.82) is 0 Å². The predicted octanol–water partition coefficient (Wildman–Crippen LogP) is 1.61. The highest BCUT2D eigenvalue weighted by molar-refractivity contribution is 7.91. The number of pyridine rings is 1. The predicted molar refractivity (Wildman–Crippen MR) is 63.1 cm³/mol. The normalized spacial score (nSPS) is 11.1. The van der Waals surface area contributed by atoms with Gasteiger partial charge in [-0.05, 0) is 24.3 Å². The Hall–Kier alpha value is -2.21. The summed E-state index contributed by atoms with van der Waals surface area (Å²) < 4.78 is 24.4. The van der Waals surface area contributed by atoms with Crippen LogP contribution in [-0.2, 0) is 9.84 Å². The molecule has 6 heteroatoms. The van der Waals surface area contributed by atoms with E-state index >= 15 is 0 Å². The van der Waals surface area contributed by atoms with Crippen LogP contribution < -0.4 is 0 Å². The van der Waals surface area contributed by atoms with Crippen molar-refractivity contribution in [1.82, 2.24) is 4.98 Å². The molecule has 0 spiro atoms. The van der Waals surface area contributed by atoms with Crippen molar-refractivity contribution in [3.63, 3.8) is 0 Å². The molecule has 5 nitrogen and oxygen atoms in total. The molecule has 0 aliphatic heterocycles. The molecule has 0 radical (unpaired) electrons. The van der Waals surface area contributed by atoms with Gasteiger partial charge < -0.3 is 5.11 Å². The number of carboxylic acids is 1. The number of aromatic carboxylic acids is 1. The van der Waals surface area contributed by atoms with E-state index in [1.54, 1.807) is 18.2 Å². The van der Waals surface area contributed by atoms with E-state index in [1.165, 1.54) is 24.4 Å². The zero-order valence-electron chi connectivity index (χ0n) is 9.15. The first-order valence-corrected chi connectivity index (χ1v) is 6.49. The Morgan fingerprint density at radius 1 is 1.06 bits per heavy atom. The molecule has 1 aromatic heterocycles. The van der Waals surface area contributed by atoms with Crippen molar-refractivity contribution in [2.45, 2.75) is 9.79 Å². The Morgan fingerprint density at radius 3 is 2.33 bits per heavy atom. The number of rotatable bonds is 3. The highest BCUT2D eigenvalue weighted by atomic mass is 32.2. The van der Waals surface area contributed by atoms with Crippen molar-refractivity contribution in [3.8, 4) is 0 Å². The molecule has 0 atom stereocenters. The maximum Gasteiger partial charge on any atom is 0.354 e. The summed E-state index contributed by atoms with van der Waals surface area (Å²) in [5, 5.41) is 8.79. The summed E-state index contributed by atoms with van der Waals surface area (Å²) in [4.78, 5) is 14.4. The van der Waals surface area contributed by atoms with Gasteiger partial charge in [-0.2, -0.15) is 0 Å². The van der Waals surface area contributed by atoms with Crippen LogP contribution >= 0.6 is 0 Å². The second-order valence-corrected chi connectivity index (χ2v) is 5.45. The number of sulfone groups is 1. The van der Waals surface area contributed by atoms with Crippen LogP contribution in [0.4, 0.5) is 0 Å². The molecule has 1 aromatic carbocycles. The molecule has 92 valence electrons. The average molecular weight is 263 g/mol. The minimum atomic E-state index is -3.70. The van der Waals surface area contributed by atoms with Crippen molar-refractivity contribution >= 4 is 15.8 Å². The molecule has 0 bridgehead atoms. The van der Waals surface area contributed by atoms with E-state index in [4.69, 9.17) is 5.11 Å². The molecule has 0 saturated carbocycles. The Labute approximate surface area is 104 Å². The number of carboxylic acid groups (broad SMARTS) is 1.